The summed E-state index contributed by atoms with van der Waals surface area (Å²) in [6, 6.07) is 14.0. The Kier molecular flexibility index (Phi) is 9.07. The number of benzene rings is 2. The van der Waals surface area contributed by atoms with Crippen LogP contribution in [0.15, 0.2) is 59.0 Å². The fourth-order valence-electron chi connectivity index (χ4n) is 4.45. The van der Waals surface area contributed by atoms with Crippen molar-refractivity contribution in [1.29, 1.82) is 0 Å². The fourth-order valence-corrected chi connectivity index (χ4v) is 6.02. The predicted molar refractivity (Wildman–Crippen MR) is 140 cm³/mol. The average Bonchev–Trinajstić information content (AvgIpc) is 3.33. The summed E-state index contributed by atoms with van der Waals surface area (Å²) < 4.78 is 37.2. The molecule has 1 aromatic heterocycles. The number of nitrogens with zero attached hydrogens (tertiary/aromatic N) is 1. The summed E-state index contributed by atoms with van der Waals surface area (Å²) in [6.07, 6.45) is 2.33. The number of carbonyl (C=O) groups excluding carboxylic acids is 2. The molecule has 1 saturated heterocycles. The second-order valence-electron chi connectivity index (χ2n) is 9.35. The smallest absolute Gasteiger partial charge is 0.266 e. The number of oxazole rings is 1. The van der Waals surface area contributed by atoms with Crippen LogP contribution in [-0.4, -0.2) is 62.2 Å². The lowest BCUT2D eigenvalue weighted by molar-refractivity contribution is -0.123. The number of nitrogens with one attached hydrogen (secondary N) is 2. The van der Waals surface area contributed by atoms with Gasteiger partial charge in [0.25, 0.3) is 5.89 Å². The minimum Gasteiger partial charge on any atom is -0.434 e. The van der Waals surface area contributed by atoms with E-state index in [2.05, 4.69) is 15.6 Å². The number of aromatic nitrogens is 1. The normalized spacial score (nSPS) is 16.4. The number of para-hydroxylation sites is 2. The highest BCUT2D eigenvalue weighted by atomic mass is 32.2. The van der Waals surface area contributed by atoms with Gasteiger partial charge in [0.05, 0.1) is 17.5 Å². The van der Waals surface area contributed by atoms with E-state index >= 15 is 0 Å². The Morgan fingerprint density at radius 3 is 2.43 bits per heavy atom. The van der Waals surface area contributed by atoms with Gasteiger partial charge in [-0.1, -0.05) is 55.8 Å². The number of hydrogen-bond acceptors (Lipinski definition) is 8. The number of fused-ring (bicyclic) bond motifs is 1. The molecular formula is C27H33N3O6S. The zero-order chi connectivity index (χ0) is 26.3. The van der Waals surface area contributed by atoms with Crippen molar-refractivity contribution in [3.8, 4) is 0 Å². The summed E-state index contributed by atoms with van der Waals surface area (Å²) >= 11 is 0. The molecule has 1 fully saturated rings. The van der Waals surface area contributed by atoms with Gasteiger partial charge in [-0.05, 0) is 37.0 Å². The molecule has 2 heterocycles. The third-order valence-corrected chi connectivity index (χ3v) is 7.95. The van der Waals surface area contributed by atoms with Crippen molar-refractivity contribution in [2.24, 2.45) is 0 Å². The lowest BCUT2D eigenvalue weighted by Gasteiger charge is -2.29. The molecule has 1 aliphatic heterocycles. The first kappa shape index (κ1) is 27.0. The molecular weight excluding hydrogens is 494 g/mol. The van der Waals surface area contributed by atoms with Crippen molar-refractivity contribution in [3.05, 3.63) is 66.1 Å². The first-order chi connectivity index (χ1) is 17.8. The minimum absolute atomic E-state index is 0.0613. The van der Waals surface area contributed by atoms with E-state index in [1.54, 1.807) is 48.5 Å². The maximum Gasteiger partial charge on any atom is 0.266 e. The first-order valence-corrected chi connectivity index (χ1v) is 14.4. The van der Waals surface area contributed by atoms with Gasteiger partial charge in [-0.25, -0.2) is 13.4 Å². The maximum atomic E-state index is 13.5. The highest BCUT2D eigenvalue weighted by Crippen LogP contribution is 2.18. The zero-order valence-electron chi connectivity index (χ0n) is 20.9. The number of rotatable bonds is 12. The van der Waals surface area contributed by atoms with Gasteiger partial charge in [0.1, 0.15) is 11.6 Å². The highest BCUT2D eigenvalue weighted by molar-refractivity contribution is 7.90. The van der Waals surface area contributed by atoms with Gasteiger partial charge in [0.2, 0.25) is 11.7 Å². The van der Waals surface area contributed by atoms with Gasteiger partial charge in [0.15, 0.2) is 15.4 Å². The van der Waals surface area contributed by atoms with Crippen molar-refractivity contribution < 1.29 is 27.2 Å². The van der Waals surface area contributed by atoms with Gasteiger partial charge in [0, 0.05) is 19.3 Å². The molecule has 2 N–H and O–H groups in total. The molecule has 0 saturated carbocycles. The van der Waals surface area contributed by atoms with E-state index in [1.165, 1.54) is 0 Å². The van der Waals surface area contributed by atoms with E-state index in [-0.39, 0.29) is 23.4 Å². The summed E-state index contributed by atoms with van der Waals surface area (Å²) in [6.45, 7) is 2.98. The number of Topliss-reactive ketones (excluding diaryl/α,β-unsaturated/α-hetero) is 1. The molecule has 0 unspecified atom stereocenters. The van der Waals surface area contributed by atoms with Crippen LogP contribution >= 0.6 is 0 Å². The molecule has 4 rings (SSSR count). The molecule has 1 aliphatic rings. The van der Waals surface area contributed by atoms with Crippen molar-refractivity contribution in [1.82, 2.24) is 15.6 Å². The molecule has 0 radical (unpaired) electrons. The zero-order valence-corrected chi connectivity index (χ0v) is 21.7. The Bertz CT molecular complexity index is 1270. The quantitative estimate of drug-likeness (QED) is 0.344. The summed E-state index contributed by atoms with van der Waals surface area (Å²) in [5.74, 6) is -1.62. The van der Waals surface area contributed by atoms with Crippen LogP contribution < -0.4 is 10.6 Å². The number of ketones is 1. The molecule has 10 heteroatoms. The van der Waals surface area contributed by atoms with Crippen LogP contribution in [0.25, 0.3) is 11.1 Å². The Balaban J connectivity index is 1.51. The minimum atomic E-state index is -3.64. The van der Waals surface area contributed by atoms with Crippen LogP contribution in [0, 0.1) is 0 Å². The molecule has 37 heavy (non-hydrogen) atoms. The van der Waals surface area contributed by atoms with Crippen LogP contribution in [0.1, 0.15) is 48.9 Å². The largest absolute Gasteiger partial charge is 0.434 e. The van der Waals surface area contributed by atoms with E-state index in [1.807, 2.05) is 13.0 Å². The summed E-state index contributed by atoms with van der Waals surface area (Å²) in [5.41, 5.74) is 1.69. The van der Waals surface area contributed by atoms with E-state index in [0.717, 1.165) is 0 Å². The SMILES string of the molecule is CCC[C@@H](NC(=O)[C@H](CS(=O)(=O)Cc1ccccc1)NC1CCOCC1)C(=O)c1nc2ccccc2o1. The van der Waals surface area contributed by atoms with Gasteiger partial charge in [-0.15, -0.1) is 0 Å². The molecule has 3 aromatic rings. The summed E-state index contributed by atoms with van der Waals surface area (Å²) in [5, 5.41) is 6.01. The molecule has 0 aliphatic carbocycles. The second-order valence-corrected chi connectivity index (χ2v) is 11.5. The van der Waals surface area contributed by atoms with Crippen LogP contribution in [-0.2, 0) is 25.1 Å². The number of amides is 1. The summed E-state index contributed by atoms with van der Waals surface area (Å²) in [7, 11) is -3.64. The van der Waals surface area contributed by atoms with Crippen LogP contribution in [0.3, 0.4) is 0 Å². The monoisotopic (exact) mass is 527 g/mol. The molecule has 198 valence electrons. The molecule has 0 bridgehead atoms. The number of sulfone groups is 1. The van der Waals surface area contributed by atoms with E-state index < -0.39 is 33.6 Å². The Morgan fingerprint density at radius 1 is 1.03 bits per heavy atom. The maximum absolute atomic E-state index is 13.5. The first-order valence-electron chi connectivity index (χ1n) is 12.6. The Hall–Kier alpha value is -3.08. The van der Waals surface area contributed by atoms with E-state index in [0.29, 0.717) is 55.6 Å². The summed E-state index contributed by atoms with van der Waals surface area (Å²) in [4.78, 5) is 31.0. The topological polar surface area (TPSA) is 128 Å². The third-order valence-electron chi connectivity index (χ3n) is 6.34. The van der Waals surface area contributed by atoms with Gasteiger partial charge < -0.3 is 19.8 Å². The number of carbonyl (C=O) groups is 2. The molecule has 2 atom stereocenters. The average molecular weight is 528 g/mol. The Labute approximate surface area is 216 Å². The second kappa shape index (κ2) is 12.4. The lowest BCUT2D eigenvalue weighted by Crippen LogP contribution is -2.55. The highest BCUT2D eigenvalue weighted by Gasteiger charge is 2.33. The standard InChI is InChI=1S/C27H33N3O6S/c1-2-8-22(25(31)27-30-21-11-6-7-12-24(21)36-27)29-26(32)23(28-20-13-15-35-16-14-20)18-37(33,34)17-19-9-4-3-5-10-19/h3-7,9-12,20,22-23,28H,2,8,13-18H2,1H3,(H,29,32)/t22-,23+/m1/s1. The molecule has 9 nitrogen and oxygen atoms in total. The predicted octanol–water partition coefficient (Wildman–Crippen LogP) is 3.05. The molecule has 2 aromatic carbocycles. The van der Waals surface area contributed by atoms with Crippen LogP contribution in [0.2, 0.25) is 0 Å². The Morgan fingerprint density at radius 2 is 1.73 bits per heavy atom. The van der Waals surface area contributed by atoms with Gasteiger partial charge >= 0.3 is 0 Å². The van der Waals surface area contributed by atoms with Crippen molar-refractivity contribution in [3.63, 3.8) is 0 Å². The van der Waals surface area contributed by atoms with E-state index in [4.69, 9.17) is 9.15 Å². The number of hydrogen-bond donors (Lipinski definition) is 2. The van der Waals surface area contributed by atoms with Crippen LogP contribution in [0.5, 0.6) is 0 Å². The fraction of sp³-hybridized carbons (Fsp3) is 0.444. The number of ether oxygens (including phenoxy) is 1. The van der Waals surface area contributed by atoms with Crippen molar-refractivity contribution in [2.45, 2.75) is 56.5 Å². The molecule has 1 amide bonds. The van der Waals surface area contributed by atoms with Crippen molar-refractivity contribution >= 4 is 32.6 Å². The lowest BCUT2D eigenvalue weighted by atomic mass is 10.1. The van der Waals surface area contributed by atoms with Gasteiger partial charge in [-0.2, -0.15) is 0 Å². The van der Waals surface area contributed by atoms with Crippen LogP contribution in [0.4, 0.5) is 0 Å². The third kappa shape index (κ3) is 7.47. The van der Waals surface area contributed by atoms with E-state index in [9.17, 15) is 18.0 Å². The van der Waals surface area contributed by atoms with Gasteiger partial charge in [-0.3, -0.25) is 9.59 Å². The molecule has 0 spiro atoms. The van der Waals surface area contributed by atoms with Crippen molar-refractivity contribution in [2.75, 3.05) is 19.0 Å².